The quantitative estimate of drug-likeness (QED) is 0.842. The van der Waals surface area contributed by atoms with Crippen LogP contribution in [-0.4, -0.2) is 28.7 Å². The van der Waals surface area contributed by atoms with Gasteiger partial charge in [-0.05, 0) is 26.3 Å². The van der Waals surface area contributed by atoms with Gasteiger partial charge in [0.1, 0.15) is 5.69 Å². The van der Waals surface area contributed by atoms with E-state index < -0.39 is 0 Å². The summed E-state index contributed by atoms with van der Waals surface area (Å²) in [6.45, 7) is 6.34. The molecule has 1 aromatic rings. The number of rotatable bonds is 3. The van der Waals surface area contributed by atoms with E-state index in [1.165, 1.54) is 0 Å². The average Bonchev–Trinajstić information content (AvgIpc) is 2.70. The van der Waals surface area contributed by atoms with Gasteiger partial charge in [0.05, 0.1) is 11.2 Å². The Kier molecular flexibility index (Phi) is 3.54. The summed E-state index contributed by atoms with van der Waals surface area (Å²) < 4.78 is 1.69. The second kappa shape index (κ2) is 4.78. The highest BCUT2D eigenvalue weighted by atomic mass is 35.5. The summed E-state index contributed by atoms with van der Waals surface area (Å²) in [4.78, 5) is 12.6. The first-order chi connectivity index (χ1) is 8.08. The minimum atomic E-state index is -0.352. The molecule has 2 rings (SSSR count). The second-order valence-corrected chi connectivity index (χ2v) is 5.23. The first-order valence-electron chi connectivity index (χ1n) is 6.05. The third kappa shape index (κ3) is 2.24. The summed E-state index contributed by atoms with van der Waals surface area (Å²) >= 11 is 6.08. The molecule has 94 valence electrons. The maximum atomic E-state index is 12.6. The van der Waals surface area contributed by atoms with Crippen molar-refractivity contribution < 1.29 is 4.79 Å². The van der Waals surface area contributed by atoms with Crippen LogP contribution in [-0.2, 0) is 6.54 Å². The molecule has 0 radical (unpaired) electrons. The maximum absolute atomic E-state index is 12.6. The lowest BCUT2D eigenvalue weighted by Gasteiger charge is -2.32. The van der Waals surface area contributed by atoms with Gasteiger partial charge in [-0.1, -0.05) is 18.5 Å². The zero-order chi connectivity index (χ0) is 12.5. The van der Waals surface area contributed by atoms with E-state index in [9.17, 15) is 4.79 Å². The van der Waals surface area contributed by atoms with E-state index in [2.05, 4.69) is 10.4 Å². The molecule has 1 fully saturated rings. The molecule has 1 aromatic heterocycles. The Labute approximate surface area is 106 Å². The van der Waals surface area contributed by atoms with Gasteiger partial charge in [0, 0.05) is 18.5 Å². The van der Waals surface area contributed by atoms with Gasteiger partial charge in [0.2, 0.25) is 0 Å². The van der Waals surface area contributed by atoms with Crippen LogP contribution < -0.4 is 5.32 Å². The van der Waals surface area contributed by atoms with Crippen molar-refractivity contribution in [2.75, 3.05) is 13.1 Å². The summed E-state index contributed by atoms with van der Waals surface area (Å²) in [6, 6.07) is 0. The van der Waals surface area contributed by atoms with Gasteiger partial charge in [0.15, 0.2) is 5.78 Å². The summed E-state index contributed by atoms with van der Waals surface area (Å²) in [5.74, 6) is 0.106. The predicted molar refractivity (Wildman–Crippen MR) is 67.5 cm³/mol. The minimum absolute atomic E-state index is 0.106. The van der Waals surface area contributed by atoms with Crippen molar-refractivity contribution in [3.05, 3.63) is 16.9 Å². The van der Waals surface area contributed by atoms with Crippen molar-refractivity contribution in [1.29, 1.82) is 0 Å². The molecule has 2 heterocycles. The van der Waals surface area contributed by atoms with Crippen molar-refractivity contribution >= 4 is 17.4 Å². The summed E-state index contributed by atoms with van der Waals surface area (Å²) in [6.07, 6.45) is 3.49. The van der Waals surface area contributed by atoms with Gasteiger partial charge in [-0.3, -0.25) is 9.48 Å². The van der Waals surface area contributed by atoms with Gasteiger partial charge in [-0.2, -0.15) is 5.10 Å². The monoisotopic (exact) mass is 255 g/mol. The predicted octanol–water partition coefficient (Wildman–Crippen LogP) is 2.13. The molecule has 0 saturated carbocycles. The van der Waals surface area contributed by atoms with Gasteiger partial charge >= 0.3 is 0 Å². The van der Waals surface area contributed by atoms with Gasteiger partial charge < -0.3 is 5.32 Å². The number of nitrogens with one attached hydrogen (secondary N) is 1. The smallest absolute Gasteiger partial charge is 0.189 e. The molecule has 0 bridgehead atoms. The van der Waals surface area contributed by atoms with E-state index in [1.807, 2.05) is 13.8 Å². The van der Waals surface area contributed by atoms with Crippen molar-refractivity contribution in [3.8, 4) is 0 Å². The second-order valence-electron chi connectivity index (χ2n) is 4.83. The fourth-order valence-corrected chi connectivity index (χ4v) is 2.59. The summed E-state index contributed by atoms with van der Waals surface area (Å²) in [5.41, 5.74) is 0.204. The van der Waals surface area contributed by atoms with E-state index in [1.54, 1.807) is 10.9 Å². The van der Waals surface area contributed by atoms with Gasteiger partial charge in [-0.25, -0.2) is 0 Å². The average molecular weight is 256 g/mol. The van der Waals surface area contributed by atoms with Crippen LogP contribution in [0.2, 0.25) is 5.02 Å². The first-order valence-corrected chi connectivity index (χ1v) is 6.43. The molecule has 4 nitrogen and oxygen atoms in total. The molecule has 0 amide bonds. The van der Waals surface area contributed by atoms with Crippen LogP contribution in [0.5, 0.6) is 0 Å². The first kappa shape index (κ1) is 12.6. The number of hydrogen-bond acceptors (Lipinski definition) is 3. The molecule has 1 N–H and O–H groups in total. The van der Waals surface area contributed by atoms with E-state index in [0.29, 0.717) is 17.3 Å². The number of carbonyl (C=O) groups is 1. The Morgan fingerprint density at radius 2 is 2.47 bits per heavy atom. The molecule has 0 spiro atoms. The van der Waals surface area contributed by atoms with Crippen LogP contribution in [0.1, 0.15) is 37.2 Å². The third-order valence-corrected chi connectivity index (χ3v) is 3.73. The topological polar surface area (TPSA) is 46.9 Å². The molecule has 0 aliphatic carbocycles. The number of hydrogen-bond donors (Lipinski definition) is 1. The Morgan fingerprint density at radius 3 is 3.06 bits per heavy atom. The van der Waals surface area contributed by atoms with E-state index >= 15 is 0 Å². The number of Topliss-reactive ketones (excluding diaryl/α,β-unsaturated/α-hetero) is 1. The number of aromatic nitrogens is 2. The highest BCUT2D eigenvalue weighted by Gasteiger charge is 2.37. The molecular weight excluding hydrogens is 238 g/mol. The molecule has 1 atom stereocenters. The minimum Gasteiger partial charge on any atom is -0.316 e. The number of piperidine rings is 1. The maximum Gasteiger partial charge on any atom is 0.189 e. The lowest BCUT2D eigenvalue weighted by Crippen LogP contribution is -2.44. The fourth-order valence-electron chi connectivity index (χ4n) is 2.36. The highest BCUT2D eigenvalue weighted by Crippen LogP contribution is 2.32. The number of carbonyl (C=O) groups excluding carboxylic acids is 1. The third-order valence-electron chi connectivity index (χ3n) is 3.45. The fraction of sp³-hybridized carbons (Fsp3) is 0.667. The number of nitrogens with zero attached hydrogens (tertiary/aromatic N) is 2. The zero-order valence-corrected chi connectivity index (χ0v) is 11.0. The normalized spacial score (nSPS) is 24.9. The van der Waals surface area contributed by atoms with E-state index in [0.717, 1.165) is 25.9 Å². The van der Waals surface area contributed by atoms with Crippen LogP contribution >= 0.6 is 11.6 Å². The summed E-state index contributed by atoms with van der Waals surface area (Å²) in [7, 11) is 0. The molecule has 0 aromatic carbocycles. The zero-order valence-electron chi connectivity index (χ0n) is 10.3. The number of halogens is 1. The Hall–Kier alpha value is -0.870. The van der Waals surface area contributed by atoms with Crippen LogP contribution in [0.4, 0.5) is 0 Å². The van der Waals surface area contributed by atoms with E-state index in [-0.39, 0.29) is 11.2 Å². The van der Waals surface area contributed by atoms with Crippen molar-refractivity contribution in [2.24, 2.45) is 5.41 Å². The SMILES string of the molecule is CCn1ncc(Cl)c1C(=O)C1(C)CCCNC1. The number of ketones is 1. The lowest BCUT2D eigenvalue weighted by molar-refractivity contribution is 0.0761. The molecule has 1 unspecified atom stereocenters. The molecular formula is C12H18ClN3O. The summed E-state index contributed by atoms with van der Waals surface area (Å²) in [5, 5.41) is 7.87. The van der Waals surface area contributed by atoms with Crippen LogP contribution in [0.15, 0.2) is 6.20 Å². The lowest BCUT2D eigenvalue weighted by atomic mass is 9.78. The Balaban J connectivity index is 2.32. The largest absolute Gasteiger partial charge is 0.316 e. The van der Waals surface area contributed by atoms with Crippen LogP contribution in [0, 0.1) is 5.41 Å². The van der Waals surface area contributed by atoms with Gasteiger partial charge in [-0.15, -0.1) is 0 Å². The molecule has 17 heavy (non-hydrogen) atoms. The molecule has 1 saturated heterocycles. The molecule has 1 aliphatic heterocycles. The van der Waals surface area contributed by atoms with Crippen LogP contribution in [0.25, 0.3) is 0 Å². The van der Waals surface area contributed by atoms with Crippen molar-refractivity contribution in [1.82, 2.24) is 15.1 Å². The standard InChI is InChI=1S/C12H18ClN3O/c1-3-16-10(9(13)7-15-16)11(17)12(2)5-4-6-14-8-12/h7,14H,3-6,8H2,1-2H3. The molecule has 1 aliphatic rings. The molecule has 5 heteroatoms. The van der Waals surface area contributed by atoms with Crippen molar-refractivity contribution in [2.45, 2.75) is 33.2 Å². The Morgan fingerprint density at radius 1 is 1.71 bits per heavy atom. The Bertz CT molecular complexity index is 421. The van der Waals surface area contributed by atoms with E-state index in [4.69, 9.17) is 11.6 Å². The highest BCUT2D eigenvalue weighted by molar-refractivity contribution is 6.33. The van der Waals surface area contributed by atoms with Crippen LogP contribution in [0.3, 0.4) is 0 Å². The van der Waals surface area contributed by atoms with Gasteiger partial charge in [0.25, 0.3) is 0 Å². The van der Waals surface area contributed by atoms with Crippen molar-refractivity contribution in [3.63, 3.8) is 0 Å². The number of aryl methyl sites for hydroxylation is 1.